The summed E-state index contributed by atoms with van der Waals surface area (Å²) in [5.41, 5.74) is 3.92. The maximum Gasteiger partial charge on any atom is 0.227 e. The number of nitrogens with one attached hydrogen (secondary N) is 2. The van der Waals surface area contributed by atoms with Gasteiger partial charge in [-0.15, -0.1) is 0 Å². The van der Waals surface area contributed by atoms with Gasteiger partial charge in [0.2, 0.25) is 5.91 Å². The molecule has 160 valence electrons. The fraction of sp³-hybridized carbons (Fsp3) is 0.391. The molecule has 0 saturated carbocycles. The van der Waals surface area contributed by atoms with Gasteiger partial charge in [0.15, 0.2) is 16.6 Å². The minimum atomic E-state index is 0.177. The maximum atomic E-state index is 12.1. The first kappa shape index (κ1) is 21.9. The molecule has 2 aromatic carbocycles. The third kappa shape index (κ3) is 5.42. The van der Waals surface area contributed by atoms with Crippen LogP contribution in [0.3, 0.4) is 0 Å². The summed E-state index contributed by atoms with van der Waals surface area (Å²) in [5, 5.41) is 6.96. The smallest absolute Gasteiger partial charge is 0.227 e. The summed E-state index contributed by atoms with van der Waals surface area (Å²) >= 11 is 5.46. The molecule has 1 amide bonds. The van der Waals surface area contributed by atoms with E-state index < -0.39 is 0 Å². The Hall–Kier alpha value is -2.80. The Kier molecular flexibility index (Phi) is 7.52. The van der Waals surface area contributed by atoms with Gasteiger partial charge in [0, 0.05) is 30.9 Å². The molecule has 0 aromatic heterocycles. The topological polar surface area (TPSA) is 62.8 Å². The minimum Gasteiger partial charge on any atom is -0.490 e. The summed E-state index contributed by atoms with van der Waals surface area (Å²) in [6, 6.07) is 11.8. The van der Waals surface area contributed by atoms with Gasteiger partial charge in [0.25, 0.3) is 0 Å². The van der Waals surface area contributed by atoms with Gasteiger partial charge in [-0.05, 0) is 74.8 Å². The zero-order valence-corrected chi connectivity index (χ0v) is 18.6. The third-order valence-electron chi connectivity index (χ3n) is 4.89. The van der Waals surface area contributed by atoms with Crippen molar-refractivity contribution in [2.45, 2.75) is 40.2 Å². The lowest BCUT2D eigenvalue weighted by molar-refractivity contribution is -0.117. The van der Waals surface area contributed by atoms with E-state index in [-0.39, 0.29) is 5.91 Å². The van der Waals surface area contributed by atoms with E-state index in [1.165, 1.54) is 0 Å². The van der Waals surface area contributed by atoms with E-state index in [1.807, 2.05) is 62.1 Å². The van der Waals surface area contributed by atoms with Crippen molar-refractivity contribution < 1.29 is 14.3 Å². The Bertz CT molecular complexity index is 917. The zero-order chi connectivity index (χ0) is 21.5. The van der Waals surface area contributed by atoms with Crippen molar-refractivity contribution in [1.29, 1.82) is 0 Å². The van der Waals surface area contributed by atoms with Crippen molar-refractivity contribution in [2.75, 3.05) is 30.0 Å². The SMILES string of the molecule is CCOc1ccc(CNC(=S)Nc2ccc(C)c(N3CCCC3=O)c2)cc1OCC. The molecule has 30 heavy (non-hydrogen) atoms. The summed E-state index contributed by atoms with van der Waals surface area (Å²) in [5.74, 6) is 1.65. The van der Waals surface area contributed by atoms with Crippen molar-refractivity contribution in [3.63, 3.8) is 0 Å². The quantitative estimate of drug-likeness (QED) is 0.609. The molecular formula is C23H29N3O3S. The molecule has 1 aliphatic heterocycles. The normalized spacial score (nSPS) is 13.3. The number of amides is 1. The molecule has 1 aliphatic rings. The van der Waals surface area contributed by atoms with E-state index >= 15 is 0 Å². The molecule has 3 rings (SSSR count). The lowest BCUT2D eigenvalue weighted by atomic mass is 10.1. The van der Waals surface area contributed by atoms with E-state index in [1.54, 1.807) is 0 Å². The van der Waals surface area contributed by atoms with Crippen LogP contribution < -0.4 is 25.0 Å². The molecule has 1 saturated heterocycles. The Balaban J connectivity index is 1.62. The number of carbonyl (C=O) groups is 1. The predicted octanol–water partition coefficient (Wildman–Crippen LogP) is 4.41. The number of carbonyl (C=O) groups excluding carboxylic acids is 1. The van der Waals surface area contributed by atoms with Crippen LogP contribution in [-0.4, -0.2) is 30.8 Å². The second-order valence-corrected chi connectivity index (χ2v) is 7.51. The number of anilines is 2. The van der Waals surface area contributed by atoms with Crippen LogP contribution in [0, 0.1) is 6.92 Å². The Morgan fingerprint density at radius 1 is 1.10 bits per heavy atom. The minimum absolute atomic E-state index is 0.177. The number of hydrogen-bond donors (Lipinski definition) is 2. The average Bonchev–Trinajstić information content (AvgIpc) is 3.15. The summed E-state index contributed by atoms with van der Waals surface area (Å²) in [7, 11) is 0. The molecule has 1 heterocycles. The van der Waals surface area contributed by atoms with E-state index in [2.05, 4.69) is 10.6 Å². The van der Waals surface area contributed by atoms with Gasteiger partial charge in [-0.1, -0.05) is 12.1 Å². The van der Waals surface area contributed by atoms with Crippen LogP contribution in [-0.2, 0) is 11.3 Å². The largest absolute Gasteiger partial charge is 0.490 e. The zero-order valence-electron chi connectivity index (χ0n) is 17.8. The van der Waals surface area contributed by atoms with Crippen molar-refractivity contribution >= 4 is 34.6 Å². The highest BCUT2D eigenvalue weighted by atomic mass is 32.1. The van der Waals surface area contributed by atoms with E-state index in [4.69, 9.17) is 21.7 Å². The van der Waals surface area contributed by atoms with Gasteiger partial charge in [0.05, 0.1) is 13.2 Å². The molecule has 1 fully saturated rings. The van der Waals surface area contributed by atoms with Gasteiger partial charge in [-0.2, -0.15) is 0 Å². The lowest BCUT2D eigenvalue weighted by Gasteiger charge is -2.20. The number of thiocarbonyl (C=S) groups is 1. The van der Waals surface area contributed by atoms with Crippen LogP contribution in [0.2, 0.25) is 0 Å². The maximum absolute atomic E-state index is 12.1. The molecule has 0 atom stereocenters. The first-order chi connectivity index (χ1) is 14.5. The number of aryl methyl sites for hydroxylation is 1. The highest BCUT2D eigenvalue weighted by Gasteiger charge is 2.23. The van der Waals surface area contributed by atoms with Crippen LogP contribution in [0.15, 0.2) is 36.4 Å². The van der Waals surface area contributed by atoms with Crippen LogP contribution in [0.4, 0.5) is 11.4 Å². The van der Waals surface area contributed by atoms with Gasteiger partial charge >= 0.3 is 0 Å². The van der Waals surface area contributed by atoms with E-state index in [0.717, 1.165) is 47.0 Å². The van der Waals surface area contributed by atoms with Crippen molar-refractivity contribution in [2.24, 2.45) is 0 Å². The summed E-state index contributed by atoms with van der Waals surface area (Å²) in [6.45, 7) is 8.41. The van der Waals surface area contributed by atoms with Crippen molar-refractivity contribution in [3.8, 4) is 11.5 Å². The second-order valence-electron chi connectivity index (χ2n) is 7.10. The third-order valence-corrected chi connectivity index (χ3v) is 5.14. The highest BCUT2D eigenvalue weighted by Crippen LogP contribution is 2.29. The average molecular weight is 428 g/mol. The van der Waals surface area contributed by atoms with Gasteiger partial charge in [0.1, 0.15) is 0 Å². The number of nitrogens with zero attached hydrogens (tertiary/aromatic N) is 1. The number of ether oxygens (including phenoxy) is 2. The number of hydrogen-bond acceptors (Lipinski definition) is 4. The predicted molar refractivity (Wildman–Crippen MR) is 125 cm³/mol. The molecule has 0 spiro atoms. The number of benzene rings is 2. The lowest BCUT2D eigenvalue weighted by Crippen LogP contribution is -2.28. The van der Waals surface area contributed by atoms with E-state index in [9.17, 15) is 4.79 Å². The molecule has 2 N–H and O–H groups in total. The van der Waals surface area contributed by atoms with Crippen molar-refractivity contribution in [1.82, 2.24) is 5.32 Å². The van der Waals surface area contributed by atoms with Gasteiger partial charge in [-0.25, -0.2) is 0 Å². The highest BCUT2D eigenvalue weighted by molar-refractivity contribution is 7.80. The summed E-state index contributed by atoms with van der Waals surface area (Å²) < 4.78 is 11.3. The molecule has 0 radical (unpaired) electrons. The molecule has 0 bridgehead atoms. The van der Waals surface area contributed by atoms with Crippen LogP contribution in [0.25, 0.3) is 0 Å². The Morgan fingerprint density at radius 3 is 2.57 bits per heavy atom. The molecule has 0 aliphatic carbocycles. The molecular weight excluding hydrogens is 398 g/mol. The van der Waals surface area contributed by atoms with Crippen molar-refractivity contribution in [3.05, 3.63) is 47.5 Å². The molecule has 6 nitrogen and oxygen atoms in total. The second kappa shape index (κ2) is 10.3. The summed E-state index contributed by atoms with van der Waals surface area (Å²) in [4.78, 5) is 14.0. The van der Waals surface area contributed by atoms with Crippen LogP contribution in [0.5, 0.6) is 11.5 Å². The monoisotopic (exact) mass is 427 g/mol. The first-order valence-electron chi connectivity index (χ1n) is 10.4. The van der Waals surface area contributed by atoms with E-state index in [0.29, 0.717) is 31.3 Å². The fourth-order valence-corrected chi connectivity index (χ4v) is 3.63. The van der Waals surface area contributed by atoms with Gasteiger partial charge in [-0.3, -0.25) is 4.79 Å². The molecule has 2 aromatic rings. The fourth-order valence-electron chi connectivity index (χ4n) is 3.44. The first-order valence-corrected chi connectivity index (χ1v) is 10.8. The molecule has 0 unspecified atom stereocenters. The number of rotatable bonds is 8. The summed E-state index contributed by atoms with van der Waals surface area (Å²) in [6.07, 6.45) is 1.52. The standard InChI is InChI=1S/C23H29N3O3S/c1-4-28-20-11-9-17(13-21(20)29-5-2)15-24-23(30)25-18-10-8-16(3)19(14-18)26-12-6-7-22(26)27/h8-11,13-14H,4-7,12,15H2,1-3H3,(H2,24,25,30). The molecule has 7 heteroatoms. The van der Waals surface area contributed by atoms with Gasteiger partial charge < -0.3 is 25.0 Å². The Labute approximate surface area is 183 Å². The van der Waals surface area contributed by atoms with Crippen LogP contribution in [0.1, 0.15) is 37.8 Å². The Morgan fingerprint density at radius 2 is 1.87 bits per heavy atom. The van der Waals surface area contributed by atoms with Crippen LogP contribution >= 0.6 is 12.2 Å².